The summed E-state index contributed by atoms with van der Waals surface area (Å²) in [6.45, 7) is 2.81. The predicted molar refractivity (Wildman–Crippen MR) is 70.3 cm³/mol. The van der Waals surface area contributed by atoms with Gasteiger partial charge in [-0.3, -0.25) is 0 Å². The van der Waals surface area contributed by atoms with Gasteiger partial charge in [0.05, 0.1) is 7.11 Å². The first kappa shape index (κ1) is 13.3. The Morgan fingerprint density at radius 3 is 3.00 bits per heavy atom. The molecule has 3 nitrogen and oxygen atoms in total. The molecule has 1 aliphatic heterocycles. The lowest BCUT2D eigenvalue weighted by Gasteiger charge is -2.22. The Bertz CT molecular complexity index is 391. The molecule has 1 aromatic carbocycles. The van der Waals surface area contributed by atoms with E-state index >= 15 is 0 Å². The van der Waals surface area contributed by atoms with E-state index in [1.54, 1.807) is 19.2 Å². The van der Waals surface area contributed by atoms with Gasteiger partial charge in [0.25, 0.3) is 0 Å². The largest absolute Gasteiger partial charge is 0.496 e. The van der Waals surface area contributed by atoms with Crippen LogP contribution in [0.5, 0.6) is 5.75 Å². The second-order valence-electron chi connectivity index (χ2n) is 4.95. The smallest absolute Gasteiger partial charge is 0.123 e. The molecule has 1 heterocycles. The molecule has 0 aromatic heterocycles. The number of nitrogens with one attached hydrogen (secondary N) is 1. The predicted octanol–water partition coefficient (Wildman–Crippen LogP) is 2.02. The summed E-state index contributed by atoms with van der Waals surface area (Å²) >= 11 is 0. The summed E-state index contributed by atoms with van der Waals surface area (Å²) in [4.78, 5) is 2.21. The Morgan fingerprint density at radius 2 is 2.33 bits per heavy atom. The fourth-order valence-electron chi connectivity index (χ4n) is 2.51. The van der Waals surface area contributed by atoms with Gasteiger partial charge in [0.15, 0.2) is 0 Å². The molecule has 1 unspecified atom stereocenters. The molecule has 0 amide bonds. The number of halogens is 1. The fourth-order valence-corrected chi connectivity index (χ4v) is 2.51. The van der Waals surface area contributed by atoms with Crippen LogP contribution in [0.15, 0.2) is 18.2 Å². The molecule has 4 heteroatoms. The first-order chi connectivity index (χ1) is 8.69. The van der Waals surface area contributed by atoms with Crippen molar-refractivity contribution in [1.29, 1.82) is 0 Å². The van der Waals surface area contributed by atoms with E-state index in [1.165, 1.54) is 18.9 Å². The van der Waals surface area contributed by atoms with Crippen LogP contribution in [0.2, 0.25) is 0 Å². The number of ether oxygens (including phenoxy) is 1. The van der Waals surface area contributed by atoms with E-state index in [9.17, 15) is 4.39 Å². The van der Waals surface area contributed by atoms with Gasteiger partial charge in [-0.05, 0) is 44.6 Å². The normalized spacial score (nSPS) is 19.4. The lowest BCUT2D eigenvalue weighted by atomic mass is 10.1. The van der Waals surface area contributed by atoms with Crippen molar-refractivity contribution in [2.24, 2.45) is 0 Å². The van der Waals surface area contributed by atoms with E-state index in [0.29, 0.717) is 12.6 Å². The van der Waals surface area contributed by atoms with Gasteiger partial charge >= 0.3 is 0 Å². The Hall–Kier alpha value is -1.13. The van der Waals surface area contributed by atoms with Gasteiger partial charge in [0.1, 0.15) is 11.6 Å². The molecule has 1 fully saturated rings. The van der Waals surface area contributed by atoms with Crippen LogP contribution in [0.1, 0.15) is 18.4 Å². The molecule has 0 saturated carbocycles. The Morgan fingerprint density at radius 1 is 1.50 bits per heavy atom. The summed E-state index contributed by atoms with van der Waals surface area (Å²) in [6, 6.07) is 5.24. The summed E-state index contributed by atoms with van der Waals surface area (Å²) in [5.74, 6) is 0.542. The van der Waals surface area contributed by atoms with E-state index in [1.807, 2.05) is 0 Å². The number of hydrogen-bond acceptors (Lipinski definition) is 3. The first-order valence-electron chi connectivity index (χ1n) is 6.43. The van der Waals surface area contributed by atoms with E-state index in [0.717, 1.165) is 24.4 Å². The van der Waals surface area contributed by atoms with Gasteiger partial charge in [-0.15, -0.1) is 0 Å². The Kier molecular flexibility index (Phi) is 4.55. The van der Waals surface area contributed by atoms with Crippen LogP contribution in [0.3, 0.4) is 0 Å². The molecule has 100 valence electrons. The maximum absolute atomic E-state index is 13.3. The molecule has 18 heavy (non-hydrogen) atoms. The highest BCUT2D eigenvalue weighted by Crippen LogP contribution is 2.21. The minimum atomic E-state index is -0.210. The molecule has 0 radical (unpaired) electrons. The van der Waals surface area contributed by atoms with Crippen LogP contribution in [0, 0.1) is 5.82 Å². The van der Waals surface area contributed by atoms with Crippen LogP contribution in [0.4, 0.5) is 4.39 Å². The summed E-state index contributed by atoms with van der Waals surface area (Å²) in [5, 5.41) is 3.47. The molecular formula is C14H21FN2O. The zero-order valence-corrected chi connectivity index (χ0v) is 11.1. The van der Waals surface area contributed by atoms with Gasteiger partial charge in [-0.1, -0.05) is 0 Å². The number of likely N-dealkylation sites (N-methyl/N-ethyl adjacent to an activating group) is 1. The second-order valence-corrected chi connectivity index (χ2v) is 4.95. The number of rotatable bonds is 5. The van der Waals surface area contributed by atoms with Crippen molar-refractivity contribution in [1.82, 2.24) is 10.2 Å². The highest BCUT2D eigenvalue weighted by molar-refractivity contribution is 5.33. The van der Waals surface area contributed by atoms with Gasteiger partial charge in [-0.25, -0.2) is 4.39 Å². The Balaban J connectivity index is 1.96. The zero-order valence-electron chi connectivity index (χ0n) is 11.1. The fraction of sp³-hybridized carbons (Fsp3) is 0.571. The molecule has 2 rings (SSSR count). The second kappa shape index (κ2) is 6.16. The molecular weight excluding hydrogens is 231 g/mol. The van der Waals surface area contributed by atoms with Crippen LogP contribution in [-0.4, -0.2) is 38.2 Å². The summed E-state index contributed by atoms with van der Waals surface area (Å²) < 4.78 is 18.5. The topological polar surface area (TPSA) is 24.5 Å². The minimum Gasteiger partial charge on any atom is -0.496 e. The molecule has 0 bridgehead atoms. The van der Waals surface area contributed by atoms with Crippen LogP contribution < -0.4 is 10.1 Å². The van der Waals surface area contributed by atoms with E-state index in [-0.39, 0.29) is 5.82 Å². The average Bonchev–Trinajstić information content (AvgIpc) is 2.82. The standard InChI is InChI=1S/C14H21FN2O/c1-17(10-13-4-3-7-16-13)9-11-8-12(15)5-6-14(11)18-2/h5-6,8,13,16H,3-4,7,9-10H2,1-2H3. The summed E-state index contributed by atoms with van der Waals surface area (Å²) in [6.07, 6.45) is 2.48. The van der Waals surface area contributed by atoms with Gasteiger partial charge in [0.2, 0.25) is 0 Å². The van der Waals surface area contributed by atoms with Crippen LogP contribution in [-0.2, 0) is 6.54 Å². The van der Waals surface area contributed by atoms with E-state index in [2.05, 4.69) is 17.3 Å². The molecule has 1 aromatic rings. The van der Waals surface area contributed by atoms with E-state index in [4.69, 9.17) is 4.74 Å². The monoisotopic (exact) mass is 252 g/mol. The van der Waals surface area contributed by atoms with Gasteiger partial charge < -0.3 is 15.0 Å². The van der Waals surface area contributed by atoms with Crippen molar-refractivity contribution in [3.8, 4) is 5.75 Å². The SMILES string of the molecule is COc1ccc(F)cc1CN(C)CC1CCCN1. The van der Waals surface area contributed by atoms with Crippen LogP contribution in [0.25, 0.3) is 0 Å². The molecule has 0 spiro atoms. The maximum atomic E-state index is 13.3. The van der Waals surface area contributed by atoms with Gasteiger partial charge in [0, 0.05) is 24.7 Å². The molecule has 1 atom stereocenters. The highest BCUT2D eigenvalue weighted by Gasteiger charge is 2.16. The van der Waals surface area contributed by atoms with Crippen molar-refractivity contribution < 1.29 is 9.13 Å². The average molecular weight is 252 g/mol. The number of nitrogens with zero attached hydrogens (tertiary/aromatic N) is 1. The van der Waals surface area contributed by atoms with Gasteiger partial charge in [-0.2, -0.15) is 0 Å². The maximum Gasteiger partial charge on any atom is 0.123 e. The molecule has 1 saturated heterocycles. The van der Waals surface area contributed by atoms with E-state index < -0.39 is 0 Å². The van der Waals surface area contributed by atoms with Crippen molar-refractivity contribution in [3.63, 3.8) is 0 Å². The molecule has 0 aliphatic carbocycles. The quantitative estimate of drug-likeness (QED) is 0.867. The zero-order chi connectivity index (χ0) is 13.0. The summed E-state index contributed by atoms with van der Waals surface area (Å²) in [5.41, 5.74) is 0.901. The van der Waals surface area contributed by atoms with Crippen molar-refractivity contribution in [3.05, 3.63) is 29.6 Å². The lowest BCUT2D eigenvalue weighted by molar-refractivity contribution is 0.287. The molecule has 1 N–H and O–H groups in total. The third-order valence-corrected chi connectivity index (χ3v) is 3.38. The lowest BCUT2D eigenvalue weighted by Crippen LogP contribution is -2.35. The van der Waals surface area contributed by atoms with Crippen molar-refractivity contribution in [2.45, 2.75) is 25.4 Å². The van der Waals surface area contributed by atoms with Crippen molar-refractivity contribution >= 4 is 0 Å². The summed E-state index contributed by atoms with van der Waals surface area (Å²) in [7, 11) is 3.68. The number of methoxy groups -OCH3 is 1. The van der Waals surface area contributed by atoms with Crippen LogP contribution >= 0.6 is 0 Å². The van der Waals surface area contributed by atoms with Crippen molar-refractivity contribution in [2.75, 3.05) is 27.2 Å². The molecule has 1 aliphatic rings. The Labute approximate surface area is 108 Å². The first-order valence-corrected chi connectivity index (χ1v) is 6.43. The third kappa shape index (κ3) is 3.43. The number of hydrogen-bond donors (Lipinski definition) is 1. The highest BCUT2D eigenvalue weighted by atomic mass is 19.1. The third-order valence-electron chi connectivity index (χ3n) is 3.38. The minimum absolute atomic E-state index is 0.210. The number of benzene rings is 1.